The summed E-state index contributed by atoms with van der Waals surface area (Å²) in [4.78, 5) is 26.9. The molecular formula is C18H27N3O3. The molecule has 1 aliphatic rings. The second-order valence-corrected chi connectivity index (χ2v) is 6.11. The summed E-state index contributed by atoms with van der Waals surface area (Å²) in [6.07, 6.45) is 1.24. The zero-order chi connectivity index (χ0) is 17.6. The average Bonchev–Trinajstić information content (AvgIpc) is 2.63. The highest BCUT2D eigenvalue weighted by Crippen LogP contribution is 2.31. The minimum Gasteiger partial charge on any atom is -0.381 e. The first-order valence-electron chi connectivity index (χ1n) is 8.55. The van der Waals surface area contributed by atoms with Crippen molar-refractivity contribution in [2.75, 3.05) is 38.2 Å². The van der Waals surface area contributed by atoms with E-state index in [1.165, 1.54) is 0 Å². The number of carbonyl (C=O) groups is 2. The quantitative estimate of drug-likeness (QED) is 0.832. The Bertz CT molecular complexity index is 579. The molecule has 1 aromatic rings. The molecule has 132 valence electrons. The topological polar surface area (TPSA) is 84.7 Å². The molecule has 0 aliphatic carbocycles. The summed E-state index contributed by atoms with van der Waals surface area (Å²) >= 11 is 0. The van der Waals surface area contributed by atoms with Gasteiger partial charge in [0.1, 0.15) is 0 Å². The van der Waals surface area contributed by atoms with Crippen LogP contribution < -0.4 is 11.1 Å². The third-order valence-electron chi connectivity index (χ3n) is 4.74. The fourth-order valence-electron chi connectivity index (χ4n) is 2.97. The van der Waals surface area contributed by atoms with E-state index >= 15 is 0 Å². The van der Waals surface area contributed by atoms with Crippen molar-refractivity contribution in [3.05, 3.63) is 29.8 Å². The number of rotatable bonds is 6. The molecule has 1 aliphatic heterocycles. The van der Waals surface area contributed by atoms with E-state index < -0.39 is 5.41 Å². The molecule has 0 unspecified atom stereocenters. The molecular weight excluding hydrogens is 306 g/mol. The zero-order valence-electron chi connectivity index (χ0n) is 14.5. The summed E-state index contributed by atoms with van der Waals surface area (Å²) in [7, 11) is 0. The third-order valence-corrected chi connectivity index (χ3v) is 4.74. The molecule has 2 amide bonds. The lowest BCUT2D eigenvalue weighted by Crippen LogP contribution is -2.46. The SMILES string of the molecule is CCN(CC)C(=O)c1cccc(NC(=O)C2(CN)CCOCC2)c1. The van der Waals surface area contributed by atoms with E-state index in [4.69, 9.17) is 10.5 Å². The van der Waals surface area contributed by atoms with Crippen molar-refractivity contribution < 1.29 is 14.3 Å². The molecule has 1 heterocycles. The minimum atomic E-state index is -0.586. The van der Waals surface area contributed by atoms with Crippen LogP contribution >= 0.6 is 0 Å². The van der Waals surface area contributed by atoms with Crippen molar-refractivity contribution in [2.45, 2.75) is 26.7 Å². The Morgan fingerprint density at radius 2 is 1.92 bits per heavy atom. The van der Waals surface area contributed by atoms with Crippen molar-refractivity contribution in [1.29, 1.82) is 0 Å². The number of ether oxygens (including phenoxy) is 1. The molecule has 6 heteroatoms. The van der Waals surface area contributed by atoms with Gasteiger partial charge in [0, 0.05) is 44.1 Å². The minimum absolute atomic E-state index is 0.0318. The smallest absolute Gasteiger partial charge is 0.253 e. The fourth-order valence-corrected chi connectivity index (χ4v) is 2.97. The van der Waals surface area contributed by atoms with Crippen LogP contribution in [-0.2, 0) is 9.53 Å². The number of amides is 2. The molecule has 2 rings (SSSR count). The van der Waals surface area contributed by atoms with Gasteiger partial charge in [0.25, 0.3) is 5.91 Å². The Labute approximate surface area is 143 Å². The Morgan fingerprint density at radius 1 is 1.25 bits per heavy atom. The molecule has 0 atom stereocenters. The summed E-state index contributed by atoms with van der Waals surface area (Å²) in [5, 5.41) is 2.93. The molecule has 1 saturated heterocycles. The third kappa shape index (κ3) is 3.94. The normalized spacial score (nSPS) is 16.5. The van der Waals surface area contributed by atoms with Gasteiger partial charge in [-0.15, -0.1) is 0 Å². The molecule has 0 spiro atoms. The van der Waals surface area contributed by atoms with Crippen LogP contribution in [0.25, 0.3) is 0 Å². The van der Waals surface area contributed by atoms with Crippen molar-refractivity contribution in [3.63, 3.8) is 0 Å². The number of nitrogens with two attached hydrogens (primary N) is 1. The van der Waals surface area contributed by atoms with Gasteiger partial charge >= 0.3 is 0 Å². The number of hydrogen-bond donors (Lipinski definition) is 2. The summed E-state index contributed by atoms with van der Waals surface area (Å²) in [5.41, 5.74) is 6.48. The standard InChI is InChI=1S/C18H27N3O3/c1-3-21(4-2)16(22)14-6-5-7-15(12-14)20-17(23)18(13-19)8-10-24-11-9-18/h5-7,12H,3-4,8-11,13,19H2,1-2H3,(H,20,23). The number of nitrogens with one attached hydrogen (secondary N) is 1. The van der Waals surface area contributed by atoms with Crippen LogP contribution in [0.15, 0.2) is 24.3 Å². The van der Waals surface area contributed by atoms with Gasteiger partial charge < -0.3 is 20.7 Å². The van der Waals surface area contributed by atoms with Crippen LogP contribution in [0.1, 0.15) is 37.0 Å². The highest BCUT2D eigenvalue weighted by atomic mass is 16.5. The number of hydrogen-bond acceptors (Lipinski definition) is 4. The van der Waals surface area contributed by atoms with Crippen molar-refractivity contribution in [3.8, 4) is 0 Å². The number of nitrogens with zero attached hydrogens (tertiary/aromatic N) is 1. The van der Waals surface area contributed by atoms with Crippen LogP contribution in [0.5, 0.6) is 0 Å². The largest absolute Gasteiger partial charge is 0.381 e. The second kappa shape index (κ2) is 8.26. The lowest BCUT2D eigenvalue weighted by molar-refractivity contribution is -0.130. The van der Waals surface area contributed by atoms with Gasteiger partial charge in [0.05, 0.1) is 5.41 Å². The Hall–Kier alpha value is -1.92. The van der Waals surface area contributed by atoms with Crippen LogP contribution in [-0.4, -0.2) is 49.6 Å². The maximum Gasteiger partial charge on any atom is 0.253 e. The molecule has 1 aromatic carbocycles. The number of benzene rings is 1. The van der Waals surface area contributed by atoms with E-state index in [2.05, 4.69) is 5.32 Å². The Morgan fingerprint density at radius 3 is 2.50 bits per heavy atom. The zero-order valence-corrected chi connectivity index (χ0v) is 14.5. The van der Waals surface area contributed by atoms with E-state index in [1.54, 1.807) is 29.2 Å². The van der Waals surface area contributed by atoms with E-state index in [-0.39, 0.29) is 11.8 Å². The van der Waals surface area contributed by atoms with E-state index in [0.717, 1.165) is 0 Å². The maximum atomic E-state index is 12.7. The predicted octanol–water partition coefficient (Wildman–Crippen LogP) is 1.86. The first-order valence-corrected chi connectivity index (χ1v) is 8.55. The van der Waals surface area contributed by atoms with Gasteiger partial charge in [-0.05, 0) is 44.9 Å². The number of anilines is 1. The lowest BCUT2D eigenvalue weighted by atomic mass is 9.79. The van der Waals surface area contributed by atoms with Gasteiger partial charge in [0.2, 0.25) is 5.91 Å². The summed E-state index contributed by atoms with van der Waals surface area (Å²) in [6.45, 7) is 6.59. The van der Waals surface area contributed by atoms with Crippen LogP contribution in [0.4, 0.5) is 5.69 Å². The molecule has 0 saturated carbocycles. The first-order chi connectivity index (χ1) is 11.6. The molecule has 6 nitrogen and oxygen atoms in total. The van der Waals surface area contributed by atoms with Gasteiger partial charge in [-0.3, -0.25) is 9.59 Å². The fraction of sp³-hybridized carbons (Fsp3) is 0.556. The molecule has 0 aromatic heterocycles. The molecule has 0 radical (unpaired) electrons. The summed E-state index contributed by atoms with van der Waals surface area (Å²) in [5.74, 6) is -0.128. The van der Waals surface area contributed by atoms with Crippen molar-refractivity contribution in [2.24, 2.45) is 11.1 Å². The van der Waals surface area contributed by atoms with Crippen LogP contribution in [0.2, 0.25) is 0 Å². The lowest BCUT2D eigenvalue weighted by Gasteiger charge is -2.34. The highest BCUT2D eigenvalue weighted by molar-refractivity contribution is 5.99. The predicted molar refractivity (Wildman–Crippen MR) is 93.9 cm³/mol. The van der Waals surface area contributed by atoms with Crippen LogP contribution in [0.3, 0.4) is 0 Å². The highest BCUT2D eigenvalue weighted by Gasteiger charge is 2.38. The average molecular weight is 333 g/mol. The van der Waals surface area contributed by atoms with E-state index in [0.29, 0.717) is 56.9 Å². The van der Waals surface area contributed by atoms with Gasteiger partial charge in [-0.25, -0.2) is 0 Å². The number of carbonyl (C=O) groups excluding carboxylic acids is 2. The Balaban J connectivity index is 2.14. The summed E-state index contributed by atoms with van der Waals surface area (Å²) < 4.78 is 5.34. The van der Waals surface area contributed by atoms with Gasteiger partial charge in [-0.2, -0.15) is 0 Å². The molecule has 1 fully saturated rings. The van der Waals surface area contributed by atoms with E-state index in [9.17, 15) is 9.59 Å². The molecule has 24 heavy (non-hydrogen) atoms. The summed E-state index contributed by atoms with van der Waals surface area (Å²) in [6, 6.07) is 7.07. The van der Waals surface area contributed by atoms with Gasteiger partial charge in [-0.1, -0.05) is 6.07 Å². The maximum absolute atomic E-state index is 12.7. The van der Waals surface area contributed by atoms with Crippen molar-refractivity contribution in [1.82, 2.24) is 4.90 Å². The van der Waals surface area contributed by atoms with E-state index in [1.807, 2.05) is 13.8 Å². The second-order valence-electron chi connectivity index (χ2n) is 6.11. The van der Waals surface area contributed by atoms with Gasteiger partial charge in [0.15, 0.2) is 0 Å². The monoisotopic (exact) mass is 333 g/mol. The molecule has 3 N–H and O–H groups in total. The molecule has 0 bridgehead atoms. The Kier molecular flexibility index (Phi) is 6.34. The first kappa shape index (κ1) is 18.4. The van der Waals surface area contributed by atoms with Crippen molar-refractivity contribution >= 4 is 17.5 Å². The van der Waals surface area contributed by atoms with Crippen LogP contribution in [0, 0.1) is 5.41 Å².